The van der Waals surface area contributed by atoms with Crippen LogP contribution >= 0.6 is 30.3 Å². The van der Waals surface area contributed by atoms with Crippen LogP contribution in [-0.2, 0) is 9.36 Å². The number of hydrogen-bond donors (Lipinski definition) is 2. The number of benzene rings is 2. The number of amides is 1. The Morgan fingerprint density at radius 2 is 2.14 bits per heavy atom. The first-order chi connectivity index (χ1) is 13.3. The van der Waals surface area contributed by atoms with E-state index in [2.05, 4.69) is 5.32 Å². The zero-order valence-corrected chi connectivity index (χ0v) is 17.3. The fourth-order valence-corrected chi connectivity index (χ4v) is 5.34. The number of carbonyl (C=O) groups excluding carboxylic acids is 1. The molecule has 2 unspecified atom stereocenters. The van der Waals surface area contributed by atoms with Crippen LogP contribution in [0.15, 0.2) is 54.0 Å². The molecule has 0 aliphatic carbocycles. The first-order valence-corrected chi connectivity index (χ1v) is 11.7. The number of nitriles is 1. The summed E-state index contributed by atoms with van der Waals surface area (Å²) in [6.07, 6.45) is 3.03. The maximum Gasteiger partial charge on any atom is 0.241 e. The maximum atomic E-state index is 12.8. The minimum Gasteiger partial charge on any atom is -0.344 e. The second-order valence-corrected chi connectivity index (χ2v) is 10.0. The van der Waals surface area contributed by atoms with Crippen molar-refractivity contribution >= 4 is 52.4 Å². The van der Waals surface area contributed by atoms with Gasteiger partial charge in [-0.15, -0.1) is 11.3 Å². The Morgan fingerprint density at radius 3 is 2.86 bits per heavy atom. The number of carbonyl (C=O) groups is 1. The molecule has 142 valence electrons. The molecule has 1 heterocycles. The summed E-state index contributed by atoms with van der Waals surface area (Å²) in [5.74, 6) is -0.583. The number of nitrogens with zero attached hydrogens (tertiary/aromatic N) is 1. The summed E-state index contributed by atoms with van der Waals surface area (Å²) in [4.78, 5) is 23.0. The highest BCUT2D eigenvalue weighted by atomic mass is 35.5. The lowest BCUT2D eigenvalue weighted by Crippen LogP contribution is -2.25. The summed E-state index contributed by atoms with van der Waals surface area (Å²) in [6, 6.07) is 14.2. The molecule has 2 N–H and O–H groups in total. The normalized spacial score (nSPS) is 14.5. The van der Waals surface area contributed by atoms with E-state index in [4.69, 9.17) is 16.9 Å². The second-order valence-electron chi connectivity index (χ2n) is 6.26. The van der Waals surface area contributed by atoms with Gasteiger partial charge in [-0.2, -0.15) is 5.26 Å². The van der Waals surface area contributed by atoms with Crippen LogP contribution < -0.4 is 5.32 Å². The highest BCUT2D eigenvalue weighted by Gasteiger charge is 2.36. The van der Waals surface area contributed by atoms with E-state index in [1.807, 2.05) is 12.1 Å². The van der Waals surface area contributed by atoms with Crippen molar-refractivity contribution in [1.82, 2.24) is 5.32 Å². The molecular weight excluding hydrogens is 415 g/mol. The van der Waals surface area contributed by atoms with E-state index in [9.17, 15) is 14.3 Å². The molecular formula is C20H16ClN2O3PS. The summed E-state index contributed by atoms with van der Waals surface area (Å²) >= 11 is 7.45. The minimum atomic E-state index is -3.79. The van der Waals surface area contributed by atoms with E-state index in [-0.39, 0.29) is 0 Å². The number of fused-ring (bicyclic) bond motifs is 1. The Labute approximate surface area is 171 Å². The molecule has 8 heteroatoms. The molecule has 5 nitrogen and oxygen atoms in total. The monoisotopic (exact) mass is 430 g/mol. The van der Waals surface area contributed by atoms with E-state index >= 15 is 0 Å². The van der Waals surface area contributed by atoms with Crippen LogP contribution in [-0.4, -0.2) is 17.5 Å². The van der Waals surface area contributed by atoms with Crippen LogP contribution in [0.3, 0.4) is 0 Å². The Kier molecular flexibility index (Phi) is 6.02. The van der Waals surface area contributed by atoms with Gasteiger partial charge in [-0.1, -0.05) is 23.7 Å². The van der Waals surface area contributed by atoms with E-state index < -0.39 is 18.9 Å². The number of hydrogen-bond acceptors (Lipinski definition) is 4. The summed E-state index contributed by atoms with van der Waals surface area (Å²) in [5.41, 5.74) is 0.497. The van der Waals surface area contributed by atoms with Crippen molar-refractivity contribution in [2.24, 2.45) is 0 Å². The van der Waals surface area contributed by atoms with Crippen LogP contribution in [0.1, 0.15) is 22.3 Å². The van der Waals surface area contributed by atoms with Crippen LogP contribution in [0.25, 0.3) is 16.2 Å². The molecule has 2 aromatic carbocycles. The molecule has 0 fully saturated rings. The van der Waals surface area contributed by atoms with Crippen LogP contribution in [0.4, 0.5) is 0 Å². The molecule has 3 rings (SSSR count). The molecule has 0 spiro atoms. The highest BCUT2D eigenvalue weighted by molar-refractivity contribution is 7.58. The van der Waals surface area contributed by atoms with Crippen molar-refractivity contribution < 1.29 is 14.3 Å². The largest absolute Gasteiger partial charge is 0.344 e. The standard InChI is InChI=1S/C20H16ClN2O3PS/c1-27(25,26)19(17-12-28-18-6-5-15(21)10-16(17)18)20(24)23-8-7-13-3-2-4-14(9-13)11-22/h2-10,12,19H,1H3,(H,23,24)(H,25,26)/b8-7+. The molecule has 28 heavy (non-hydrogen) atoms. The van der Waals surface area contributed by atoms with Gasteiger partial charge in [-0.05, 0) is 58.3 Å². The fraction of sp³-hybridized carbons (Fsp3) is 0.100. The van der Waals surface area contributed by atoms with Crippen LogP contribution in [0.5, 0.6) is 0 Å². The zero-order valence-electron chi connectivity index (χ0n) is 14.8. The fourth-order valence-electron chi connectivity index (χ4n) is 2.86. The summed E-state index contributed by atoms with van der Waals surface area (Å²) in [7, 11) is -3.79. The SMILES string of the molecule is CP(=O)(O)C(C(=O)N/C=C/c1cccc(C#N)c1)c1csc2ccc(Cl)cc12. The van der Waals surface area contributed by atoms with E-state index in [0.717, 1.165) is 10.3 Å². The van der Waals surface area contributed by atoms with Gasteiger partial charge in [-0.3, -0.25) is 9.36 Å². The van der Waals surface area contributed by atoms with Gasteiger partial charge in [0.15, 0.2) is 0 Å². The van der Waals surface area contributed by atoms with Gasteiger partial charge in [0.2, 0.25) is 13.3 Å². The maximum absolute atomic E-state index is 12.8. The molecule has 0 radical (unpaired) electrons. The second kappa shape index (κ2) is 8.30. The third-order valence-corrected chi connectivity index (χ3v) is 6.79. The van der Waals surface area contributed by atoms with Crippen LogP contribution in [0.2, 0.25) is 5.02 Å². The average Bonchev–Trinajstić information content (AvgIpc) is 3.03. The molecule has 0 aliphatic heterocycles. The zero-order chi connectivity index (χ0) is 20.3. The van der Waals surface area contributed by atoms with Gasteiger partial charge in [0.25, 0.3) is 0 Å². The number of nitrogens with one attached hydrogen (secondary N) is 1. The topological polar surface area (TPSA) is 90.2 Å². The lowest BCUT2D eigenvalue weighted by Gasteiger charge is -2.18. The van der Waals surface area contributed by atoms with Gasteiger partial charge < -0.3 is 10.2 Å². The molecule has 2 atom stereocenters. The first-order valence-electron chi connectivity index (χ1n) is 8.23. The van der Waals surface area contributed by atoms with Gasteiger partial charge in [-0.25, -0.2) is 0 Å². The molecule has 0 saturated heterocycles. The lowest BCUT2D eigenvalue weighted by atomic mass is 10.1. The van der Waals surface area contributed by atoms with Crippen molar-refractivity contribution in [2.45, 2.75) is 5.66 Å². The number of halogens is 1. The molecule has 3 aromatic rings. The first kappa shape index (κ1) is 20.3. The van der Waals surface area contributed by atoms with E-state index in [1.54, 1.807) is 47.9 Å². The summed E-state index contributed by atoms with van der Waals surface area (Å²) in [5, 5.41) is 14.4. The Morgan fingerprint density at radius 1 is 1.36 bits per heavy atom. The van der Waals surface area contributed by atoms with Crippen LogP contribution in [0, 0.1) is 11.3 Å². The van der Waals surface area contributed by atoms with Gasteiger partial charge in [0.05, 0.1) is 11.6 Å². The van der Waals surface area contributed by atoms with Crippen molar-refractivity contribution in [1.29, 1.82) is 5.26 Å². The van der Waals surface area contributed by atoms with Gasteiger partial charge >= 0.3 is 0 Å². The molecule has 1 amide bonds. The summed E-state index contributed by atoms with van der Waals surface area (Å²) in [6.45, 7) is 1.17. The molecule has 0 saturated carbocycles. The molecule has 0 aliphatic rings. The van der Waals surface area contributed by atoms with Crippen molar-refractivity contribution in [2.75, 3.05) is 6.66 Å². The third kappa shape index (κ3) is 4.52. The Hall–Kier alpha value is -2.42. The summed E-state index contributed by atoms with van der Waals surface area (Å²) < 4.78 is 13.4. The van der Waals surface area contributed by atoms with Crippen molar-refractivity contribution in [3.8, 4) is 6.07 Å². The number of rotatable bonds is 5. The lowest BCUT2D eigenvalue weighted by molar-refractivity contribution is -0.120. The molecule has 1 aromatic heterocycles. The van der Waals surface area contributed by atoms with Crippen molar-refractivity contribution in [3.05, 3.63) is 75.8 Å². The van der Waals surface area contributed by atoms with Crippen molar-refractivity contribution in [3.63, 3.8) is 0 Å². The quantitative estimate of drug-likeness (QED) is 0.547. The highest BCUT2D eigenvalue weighted by Crippen LogP contribution is 2.54. The number of thiophene rings is 1. The van der Waals surface area contributed by atoms with Gasteiger partial charge in [0, 0.05) is 22.6 Å². The predicted octanol–water partition coefficient (Wildman–Crippen LogP) is 5.15. The van der Waals surface area contributed by atoms with E-state index in [1.165, 1.54) is 24.2 Å². The Balaban J connectivity index is 1.89. The average molecular weight is 431 g/mol. The Bertz CT molecular complexity index is 1160. The van der Waals surface area contributed by atoms with E-state index in [0.29, 0.717) is 21.5 Å². The minimum absolute atomic E-state index is 0.480. The van der Waals surface area contributed by atoms with Gasteiger partial charge in [0.1, 0.15) is 5.66 Å². The molecule has 0 bridgehead atoms. The predicted molar refractivity (Wildman–Crippen MR) is 114 cm³/mol. The smallest absolute Gasteiger partial charge is 0.241 e. The third-order valence-electron chi connectivity index (χ3n) is 4.10.